The molecular formula is C27H54N4O6. The van der Waals surface area contributed by atoms with Gasteiger partial charge < -0.3 is 34.6 Å². The number of nitrogens with one attached hydrogen (secondary N) is 2. The van der Waals surface area contributed by atoms with Crippen LogP contribution in [0.1, 0.15) is 94.9 Å². The molecule has 37 heavy (non-hydrogen) atoms. The molecular weight excluding hydrogens is 476 g/mol. The second-order valence-electron chi connectivity index (χ2n) is 12.2. The summed E-state index contributed by atoms with van der Waals surface area (Å²) in [5, 5.41) is 5.53. The second-order valence-corrected chi connectivity index (χ2v) is 12.2. The lowest BCUT2D eigenvalue weighted by atomic mass is 10.2. The SMILES string of the molecule is CCN(CCCCN(CCCNC(=O)OC(C)(C)C)C(=O)OC(C)(C)C)CCCNC(=O)OC(C)(C)C. The highest BCUT2D eigenvalue weighted by Gasteiger charge is 2.22. The van der Waals surface area contributed by atoms with Crippen LogP contribution < -0.4 is 10.6 Å². The van der Waals surface area contributed by atoms with E-state index in [-0.39, 0.29) is 12.2 Å². The van der Waals surface area contributed by atoms with E-state index in [1.807, 2.05) is 62.3 Å². The summed E-state index contributed by atoms with van der Waals surface area (Å²) in [4.78, 5) is 40.4. The van der Waals surface area contributed by atoms with E-state index in [1.54, 1.807) is 4.90 Å². The van der Waals surface area contributed by atoms with Gasteiger partial charge >= 0.3 is 18.3 Å². The van der Waals surface area contributed by atoms with E-state index in [2.05, 4.69) is 22.5 Å². The molecule has 0 aliphatic rings. The number of ether oxygens (including phenoxy) is 3. The Labute approximate surface area is 225 Å². The molecule has 0 unspecified atom stereocenters. The summed E-state index contributed by atoms with van der Waals surface area (Å²) in [6.07, 6.45) is 2.02. The van der Waals surface area contributed by atoms with Crippen molar-refractivity contribution in [3.63, 3.8) is 0 Å². The van der Waals surface area contributed by atoms with Crippen molar-refractivity contribution in [3.8, 4) is 0 Å². The number of amides is 3. The zero-order valence-corrected chi connectivity index (χ0v) is 25.1. The fourth-order valence-electron chi connectivity index (χ4n) is 3.27. The van der Waals surface area contributed by atoms with Crippen molar-refractivity contribution in [2.45, 2.75) is 112 Å². The van der Waals surface area contributed by atoms with Gasteiger partial charge in [-0.25, -0.2) is 14.4 Å². The topological polar surface area (TPSA) is 109 Å². The number of unbranched alkanes of at least 4 members (excludes halogenated alkanes) is 1. The summed E-state index contributed by atoms with van der Waals surface area (Å²) in [6, 6.07) is 0. The summed E-state index contributed by atoms with van der Waals surface area (Å²) in [7, 11) is 0. The second kappa shape index (κ2) is 16.6. The van der Waals surface area contributed by atoms with Crippen molar-refractivity contribution in [2.24, 2.45) is 0 Å². The highest BCUT2D eigenvalue weighted by atomic mass is 16.6. The number of nitrogens with zero attached hydrogens (tertiary/aromatic N) is 2. The van der Waals surface area contributed by atoms with E-state index in [9.17, 15) is 14.4 Å². The summed E-state index contributed by atoms with van der Waals surface area (Å²) in [6.45, 7) is 23.4. The number of alkyl carbamates (subject to hydrolysis) is 2. The van der Waals surface area contributed by atoms with Gasteiger partial charge in [0.25, 0.3) is 0 Å². The van der Waals surface area contributed by atoms with Gasteiger partial charge in [-0.2, -0.15) is 0 Å². The average molecular weight is 531 g/mol. The first-order valence-electron chi connectivity index (χ1n) is 13.6. The molecule has 218 valence electrons. The Bertz CT molecular complexity index is 680. The number of carbonyl (C=O) groups is 3. The predicted octanol–water partition coefficient (Wildman–Crippen LogP) is 5.16. The molecule has 0 saturated heterocycles. The Morgan fingerprint density at radius 1 is 0.595 bits per heavy atom. The molecule has 0 aliphatic heterocycles. The Balaban J connectivity index is 4.48. The molecule has 0 rings (SSSR count). The average Bonchev–Trinajstić information content (AvgIpc) is 2.69. The van der Waals surface area contributed by atoms with Gasteiger partial charge in [-0.15, -0.1) is 0 Å². The normalized spacial score (nSPS) is 12.2. The van der Waals surface area contributed by atoms with Gasteiger partial charge in [-0.3, -0.25) is 0 Å². The van der Waals surface area contributed by atoms with E-state index >= 15 is 0 Å². The smallest absolute Gasteiger partial charge is 0.410 e. The maximum Gasteiger partial charge on any atom is 0.410 e. The number of hydrogen-bond donors (Lipinski definition) is 2. The molecule has 0 heterocycles. The summed E-state index contributed by atoms with van der Waals surface area (Å²) in [5.74, 6) is 0. The molecule has 0 bridgehead atoms. The first-order chi connectivity index (χ1) is 16.9. The molecule has 0 atom stereocenters. The van der Waals surface area contributed by atoms with Crippen LogP contribution in [0.5, 0.6) is 0 Å². The number of carbonyl (C=O) groups excluding carboxylic acids is 3. The molecule has 10 nitrogen and oxygen atoms in total. The predicted molar refractivity (Wildman–Crippen MR) is 147 cm³/mol. The highest BCUT2D eigenvalue weighted by Crippen LogP contribution is 2.12. The summed E-state index contributed by atoms with van der Waals surface area (Å²) in [5.41, 5.74) is -1.62. The summed E-state index contributed by atoms with van der Waals surface area (Å²) < 4.78 is 16.1. The third kappa shape index (κ3) is 21.6. The van der Waals surface area contributed by atoms with E-state index in [0.717, 1.165) is 38.9 Å². The fraction of sp³-hybridized carbons (Fsp3) is 0.889. The Morgan fingerprint density at radius 3 is 1.41 bits per heavy atom. The van der Waals surface area contributed by atoms with Crippen molar-refractivity contribution in [3.05, 3.63) is 0 Å². The Hall–Kier alpha value is -2.23. The van der Waals surface area contributed by atoms with Crippen LogP contribution >= 0.6 is 0 Å². The minimum atomic E-state index is -0.573. The quantitative estimate of drug-likeness (QED) is 0.236. The van der Waals surface area contributed by atoms with Crippen LogP contribution in [-0.4, -0.2) is 90.7 Å². The largest absolute Gasteiger partial charge is 0.444 e. The van der Waals surface area contributed by atoms with Gasteiger partial charge in [-0.1, -0.05) is 6.92 Å². The Kier molecular flexibility index (Phi) is 15.6. The van der Waals surface area contributed by atoms with Gasteiger partial charge in [0, 0.05) is 26.2 Å². The van der Waals surface area contributed by atoms with Crippen LogP contribution in [0.25, 0.3) is 0 Å². The zero-order chi connectivity index (χ0) is 28.7. The lowest BCUT2D eigenvalue weighted by Crippen LogP contribution is -2.40. The minimum absolute atomic E-state index is 0.342. The standard InChI is InChI=1S/C27H54N4O6/c1-11-30(19-14-16-28-22(32)35-25(2,3)4)18-12-13-20-31(24(34)37-27(8,9)10)21-15-17-29-23(33)36-26(5,6)7/h11-21H2,1-10H3,(H,28,32)(H,29,33). The molecule has 2 N–H and O–H groups in total. The minimum Gasteiger partial charge on any atom is -0.444 e. The zero-order valence-electron chi connectivity index (χ0n) is 25.1. The molecule has 0 saturated carbocycles. The van der Waals surface area contributed by atoms with Gasteiger partial charge in [-0.05, 0) is 108 Å². The molecule has 0 aromatic rings. The van der Waals surface area contributed by atoms with Gasteiger partial charge in [0.1, 0.15) is 16.8 Å². The number of hydrogen-bond acceptors (Lipinski definition) is 7. The van der Waals surface area contributed by atoms with E-state index in [0.29, 0.717) is 32.6 Å². The molecule has 0 aromatic carbocycles. The molecule has 0 fully saturated rings. The van der Waals surface area contributed by atoms with Crippen LogP contribution in [0.2, 0.25) is 0 Å². The van der Waals surface area contributed by atoms with Gasteiger partial charge in [0.2, 0.25) is 0 Å². The van der Waals surface area contributed by atoms with E-state index < -0.39 is 22.9 Å². The van der Waals surface area contributed by atoms with Crippen LogP contribution in [0.4, 0.5) is 14.4 Å². The molecule has 0 aliphatic carbocycles. The van der Waals surface area contributed by atoms with Crippen molar-refractivity contribution in [1.29, 1.82) is 0 Å². The van der Waals surface area contributed by atoms with Crippen molar-refractivity contribution in [2.75, 3.05) is 45.8 Å². The Morgan fingerprint density at radius 2 is 0.973 bits per heavy atom. The highest BCUT2D eigenvalue weighted by molar-refractivity contribution is 5.68. The van der Waals surface area contributed by atoms with Crippen LogP contribution in [0, 0.1) is 0 Å². The molecule has 3 amide bonds. The molecule has 0 aromatic heterocycles. The first-order valence-corrected chi connectivity index (χ1v) is 13.6. The van der Waals surface area contributed by atoms with Crippen molar-refractivity contribution in [1.82, 2.24) is 20.4 Å². The van der Waals surface area contributed by atoms with Crippen LogP contribution in [-0.2, 0) is 14.2 Å². The van der Waals surface area contributed by atoms with Crippen molar-refractivity contribution < 1.29 is 28.6 Å². The van der Waals surface area contributed by atoms with Gasteiger partial charge in [0.15, 0.2) is 0 Å². The monoisotopic (exact) mass is 530 g/mol. The maximum absolute atomic E-state index is 12.7. The lowest BCUT2D eigenvalue weighted by molar-refractivity contribution is 0.0243. The summed E-state index contributed by atoms with van der Waals surface area (Å²) >= 11 is 0. The lowest BCUT2D eigenvalue weighted by Gasteiger charge is -2.28. The molecule has 0 spiro atoms. The van der Waals surface area contributed by atoms with Gasteiger partial charge in [0.05, 0.1) is 0 Å². The maximum atomic E-state index is 12.7. The number of rotatable bonds is 14. The molecule has 0 radical (unpaired) electrons. The fourth-order valence-corrected chi connectivity index (χ4v) is 3.27. The van der Waals surface area contributed by atoms with E-state index in [4.69, 9.17) is 14.2 Å². The van der Waals surface area contributed by atoms with Crippen LogP contribution in [0.3, 0.4) is 0 Å². The third-order valence-electron chi connectivity index (χ3n) is 4.84. The first kappa shape index (κ1) is 34.8. The van der Waals surface area contributed by atoms with E-state index in [1.165, 1.54) is 0 Å². The van der Waals surface area contributed by atoms with Crippen molar-refractivity contribution >= 4 is 18.3 Å². The molecule has 10 heteroatoms. The van der Waals surface area contributed by atoms with Crippen LogP contribution in [0.15, 0.2) is 0 Å². The third-order valence-corrected chi connectivity index (χ3v) is 4.84.